The minimum Gasteiger partial charge on any atom is -0.316 e. The predicted molar refractivity (Wildman–Crippen MR) is 101 cm³/mol. The van der Waals surface area contributed by atoms with Crippen LogP contribution in [0.5, 0.6) is 0 Å². The highest BCUT2D eigenvalue weighted by Crippen LogP contribution is 2.24. The van der Waals surface area contributed by atoms with E-state index in [1.54, 1.807) is 19.1 Å². The summed E-state index contributed by atoms with van der Waals surface area (Å²) in [7, 11) is 0. The third kappa shape index (κ3) is 4.60. The van der Waals surface area contributed by atoms with Crippen LogP contribution in [0.4, 0.5) is 4.39 Å². The van der Waals surface area contributed by atoms with Crippen LogP contribution in [0.1, 0.15) is 22.3 Å². The Morgan fingerprint density at radius 2 is 2.08 bits per heavy atom. The van der Waals surface area contributed by atoms with Gasteiger partial charge in [0.25, 0.3) is 5.91 Å². The van der Waals surface area contributed by atoms with Crippen molar-refractivity contribution in [1.82, 2.24) is 15.6 Å². The monoisotopic (exact) mass is 359 g/mol. The third-order valence-corrected chi connectivity index (χ3v) is 5.21. The first-order chi connectivity index (χ1) is 12.1. The van der Waals surface area contributed by atoms with Crippen LogP contribution in [0, 0.1) is 18.7 Å². The smallest absolute Gasteiger partial charge is 0.269 e. The van der Waals surface area contributed by atoms with Gasteiger partial charge in [-0.3, -0.25) is 10.2 Å². The summed E-state index contributed by atoms with van der Waals surface area (Å²) in [4.78, 5) is 15.2. The second-order valence-corrected chi connectivity index (χ2v) is 7.07. The molecular formula is C19H22FN3OS. The van der Waals surface area contributed by atoms with Gasteiger partial charge >= 0.3 is 0 Å². The summed E-state index contributed by atoms with van der Waals surface area (Å²) in [6, 6.07) is 13.0. The molecule has 4 nitrogen and oxygen atoms in total. The lowest BCUT2D eigenvalue weighted by atomic mass is 9.99. The highest BCUT2D eigenvalue weighted by atomic mass is 32.2. The Kier molecular flexibility index (Phi) is 6.07. The van der Waals surface area contributed by atoms with Gasteiger partial charge in [0.05, 0.1) is 5.56 Å². The van der Waals surface area contributed by atoms with Crippen molar-refractivity contribution in [2.45, 2.75) is 13.3 Å². The molecule has 2 aromatic rings. The van der Waals surface area contributed by atoms with E-state index in [0.29, 0.717) is 11.5 Å². The van der Waals surface area contributed by atoms with Gasteiger partial charge in [-0.25, -0.2) is 4.39 Å². The van der Waals surface area contributed by atoms with E-state index < -0.39 is 11.7 Å². The average Bonchev–Trinajstić information content (AvgIpc) is 3.15. The lowest BCUT2D eigenvalue weighted by molar-refractivity contribution is 0.0943. The summed E-state index contributed by atoms with van der Waals surface area (Å²) in [5, 5.41) is 3.31. The number of hydrogen-bond acceptors (Lipinski definition) is 4. The molecule has 1 atom stereocenters. The summed E-state index contributed by atoms with van der Waals surface area (Å²) in [6.45, 7) is 3.73. The quantitative estimate of drug-likeness (QED) is 0.421. The molecule has 6 heteroatoms. The first-order valence-electron chi connectivity index (χ1n) is 8.38. The van der Waals surface area contributed by atoms with E-state index in [-0.39, 0.29) is 5.56 Å². The van der Waals surface area contributed by atoms with Crippen molar-refractivity contribution in [2.24, 2.45) is 5.92 Å². The molecule has 0 spiro atoms. The van der Waals surface area contributed by atoms with E-state index in [1.807, 2.05) is 30.3 Å². The van der Waals surface area contributed by atoms with Gasteiger partial charge in [-0.05, 0) is 61.2 Å². The molecule has 1 heterocycles. The van der Waals surface area contributed by atoms with Crippen molar-refractivity contribution < 1.29 is 9.18 Å². The number of aryl methyl sites for hydroxylation is 1. The maximum atomic E-state index is 14.4. The Labute approximate surface area is 151 Å². The Hall–Kier alpha value is -1.89. The first-order valence-corrected chi connectivity index (χ1v) is 9.37. The molecule has 0 bridgehead atoms. The molecule has 3 rings (SSSR count). The summed E-state index contributed by atoms with van der Waals surface area (Å²) in [5.41, 5.74) is 4.87. The molecule has 1 aliphatic heterocycles. The van der Waals surface area contributed by atoms with Gasteiger partial charge in [-0.2, -0.15) is 4.83 Å². The van der Waals surface area contributed by atoms with E-state index >= 15 is 0 Å². The van der Waals surface area contributed by atoms with Crippen molar-refractivity contribution in [2.75, 3.05) is 18.8 Å². The highest BCUT2D eigenvalue weighted by molar-refractivity contribution is 7.97. The topological polar surface area (TPSA) is 53.2 Å². The number of hydrazine groups is 1. The van der Waals surface area contributed by atoms with Crippen LogP contribution in [0.15, 0.2) is 42.5 Å². The standard InChI is InChI=1S/C19H22FN3OS/c1-13-9-16(15-5-3-2-4-6-15)10-17(18(13)20)19(24)22-23-25-12-14-7-8-21-11-14/h2-6,9-10,14,21,23H,7-8,11-12H2,1H3,(H,22,24). The second kappa shape index (κ2) is 8.47. The van der Waals surface area contributed by atoms with Crippen molar-refractivity contribution in [3.8, 4) is 11.1 Å². The number of carbonyl (C=O) groups excluding carboxylic acids is 1. The second-order valence-electron chi connectivity index (χ2n) is 6.25. The van der Waals surface area contributed by atoms with E-state index in [2.05, 4.69) is 15.6 Å². The van der Waals surface area contributed by atoms with E-state index in [1.165, 1.54) is 11.9 Å². The molecule has 1 aliphatic rings. The fourth-order valence-electron chi connectivity index (χ4n) is 2.90. The lowest BCUT2D eigenvalue weighted by Crippen LogP contribution is -2.34. The molecule has 1 saturated heterocycles. The predicted octanol–water partition coefficient (Wildman–Crippen LogP) is 3.29. The Bertz CT molecular complexity index is 733. The maximum Gasteiger partial charge on any atom is 0.269 e. The fourth-order valence-corrected chi connectivity index (χ4v) is 3.67. The number of rotatable bonds is 6. The Morgan fingerprint density at radius 3 is 2.80 bits per heavy atom. The Balaban J connectivity index is 1.65. The zero-order valence-electron chi connectivity index (χ0n) is 14.1. The molecule has 1 amide bonds. The molecule has 1 fully saturated rings. The van der Waals surface area contributed by atoms with Gasteiger partial charge in [0, 0.05) is 5.75 Å². The van der Waals surface area contributed by atoms with Gasteiger partial charge in [0.15, 0.2) is 0 Å². The van der Waals surface area contributed by atoms with Crippen molar-refractivity contribution >= 4 is 17.9 Å². The van der Waals surface area contributed by atoms with Crippen molar-refractivity contribution in [1.29, 1.82) is 0 Å². The fraction of sp³-hybridized carbons (Fsp3) is 0.316. The van der Waals surface area contributed by atoms with Crippen LogP contribution in [-0.4, -0.2) is 24.7 Å². The number of hydrogen-bond donors (Lipinski definition) is 3. The summed E-state index contributed by atoms with van der Waals surface area (Å²) < 4.78 is 14.4. The van der Waals surface area contributed by atoms with E-state index in [4.69, 9.17) is 0 Å². The number of nitrogens with one attached hydrogen (secondary N) is 3. The van der Waals surface area contributed by atoms with Crippen LogP contribution < -0.4 is 15.6 Å². The maximum absolute atomic E-state index is 14.4. The summed E-state index contributed by atoms with van der Waals surface area (Å²) in [5.74, 6) is 0.563. The van der Waals surface area contributed by atoms with Crippen LogP contribution in [0.25, 0.3) is 11.1 Å². The van der Waals surface area contributed by atoms with Crippen molar-refractivity contribution in [3.63, 3.8) is 0 Å². The summed E-state index contributed by atoms with van der Waals surface area (Å²) >= 11 is 1.44. The normalized spacial score (nSPS) is 16.8. The van der Waals surface area contributed by atoms with Gasteiger partial charge < -0.3 is 5.32 Å². The molecule has 3 N–H and O–H groups in total. The van der Waals surface area contributed by atoms with Crippen molar-refractivity contribution in [3.05, 3.63) is 59.4 Å². The van der Waals surface area contributed by atoms with Crippen LogP contribution >= 0.6 is 11.9 Å². The van der Waals surface area contributed by atoms with E-state index in [9.17, 15) is 9.18 Å². The Morgan fingerprint density at radius 1 is 1.28 bits per heavy atom. The summed E-state index contributed by atoms with van der Waals surface area (Å²) in [6.07, 6.45) is 1.15. The minimum atomic E-state index is -0.482. The zero-order valence-corrected chi connectivity index (χ0v) is 15.0. The molecule has 1 unspecified atom stereocenters. The number of halogens is 1. The van der Waals surface area contributed by atoms with Crippen LogP contribution in [0.3, 0.4) is 0 Å². The molecule has 0 aliphatic carbocycles. The van der Waals surface area contributed by atoms with Gasteiger partial charge in [0.1, 0.15) is 5.82 Å². The molecule has 0 aromatic heterocycles. The van der Waals surface area contributed by atoms with E-state index in [0.717, 1.165) is 36.4 Å². The third-order valence-electron chi connectivity index (χ3n) is 4.32. The SMILES string of the molecule is Cc1cc(-c2ccccc2)cc(C(=O)NNSCC2CCNC2)c1F. The van der Waals surface area contributed by atoms with Gasteiger partial charge in [-0.15, -0.1) is 0 Å². The highest BCUT2D eigenvalue weighted by Gasteiger charge is 2.17. The molecule has 0 saturated carbocycles. The number of carbonyl (C=O) groups is 1. The van der Waals surface area contributed by atoms with Gasteiger partial charge in [0.2, 0.25) is 0 Å². The molecule has 132 valence electrons. The van der Waals surface area contributed by atoms with Crippen LogP contribution in [0.2, 0.25) is 0 Å². The largest absolute Gasteiger partial charge is 0.316 e. The molecular weight excluding hydrogens is 337 g/mol. The molecule has 2 aromatic carbocycles. The van der Waals surface area contributed by atoms with Gasteiger partial charge in [-0.1, -0.05) is 42.3 Å². The molecule has 25 heavy (non-hydrogen) atoms. The van der Waals surface area contributed by atoms with Crippen LogP contribution in [-0.2, 0) is 0 Å². The lowest BCUT2D eigenvalue weighted by Gasteiger charge is -2.12. The zero-order chi connectivity index (χ0) is 17.6. The number of benzene rings is 2. The average molecular weight is 359 g/mol. The minimum absolute atomic E-state index is 0.0505. The number of amides is 1. The first kappa shape index (κ1) is 17.9. The molecule has 0 radical (unpaired) electrons.